The molecule has 0 amide bonds. The lowest BCUT2D eigenvalue weighted by Crippen LogP contribution is -2.39. The number of halogens is 1. The fourth-order valence-electron chi connectivity index (χ4n) is 1.68. The lowest BCUT2D eigenvalue weighted by Gasteiger charge is -2.15. The number of rotatable bonds is 10. The van der Waals surface area contributed by atoms with Crippen LogP contribution in [0.2, 0.25) is 0 Å². The summed E-state index contributed by atoms with van der Waals surface area (Å²) in [4.78, 5) is 4.10. The van der Waals surface area contributed by atoms with Crippen molar-refractivity contribution in [3.8, 4) is 0 Å². The van der Waals surface area contributed by atoms with Gasteiger partial charge < -0.3 is 11.1 Å². The van der Waals surface area contributed by atoms with Gasteiger partial charge in [-0.05, 0) is 26.2 Å². The molecule has 0 aliphatic rings. The molecule has 0 aromatic rings. The maximum absolute atomic E-state index is 11.2. The van der Waals surface area contributed by atoms with Crippen LogP contribution in [0.25, 0.3) is 0 Å². The van der Waals surface area contributed by atoms with E-state index in [4.69, 9.17) is 5.73 Å². The highest BCUT2D eigenvalue weighted by molar-refractivity contribution is 14.0. The van der Waals surface area contributed by atoms with Crippen molar-refractivity contribution in [2.24, 2.45) is 16.6 Å². The van der Waals surface area contributed by atoms with Crippen LogP contribution in [0.5, 0.6) is 0 Å². The second kappa shape index (κ2) is 12.5. The van der Waals surface area contributed by atoms with Crippen LogP contribution in [-0.4, -0.2) is 39.3 Å². The van der Waals surface area contributed by atoms with Crippen molar-refractivity contribution in [1.29, 1.82) is 0 Å². The molecule has 1 unspecified atom stereocenters. The number of nitrogens with one attached hydrogen (secondary N) is 2. The molecule has 1 atom stereocenters. The largest absolute Gasteiger partial charge is 0.370 e. The predicted molar refractivity (Wildman–Crippen MR) is 101 cm³/mol. The molecule has 0 aromatic heterocycles. The highest BCUT2D eigenvalue weighted by Gasteiger charge is 2.05. The number of sulfonamides is 1. The van der Waals surface area contributed by atoms with E-state index in [1.807, 2.05) is 0 Å². The Bertz CT molecular complexity index is 386. The number of nitrogens with two attached hydrogens (primary N) is 1. The van der Waals surface area contributed by atoms with E-state index in [1.165, 1.54) is 6.42 Å². The van der Waals surface area contributed by atoms with Crippen molar-refractivity contribution >= 4 is 40.0 Å². The van der Waals surface area contributed by atoms with E-state index in [2.05, 4.69) is 35.8 Å². The Kier molecular flexibility index (Phi) is 13.7. The van der Waals surface area contributed by atoms with E-state index >= 15 is 0 Å². The monoisotopic (exact) mass is 434 g/mol. The number of guanidine groups is 1. The third-order valence-corrected chi connectivity index (χ3v) is 4.31. The SMILES string of the molecule is CCS(=O)(=O)NCCN=C(N)NC(C)CCCC(C)C.I. The fourth-order valence-corrected chi connectivity index (χ4v) is 2.29. The zero-order chi connectivity index (χ0) is 15.6. The molecule has 0 aromatic carbocycles. The summed E-state index contributed by atoms with van der Waals surface area (Å²) in [5.41, 5.74) is 5.75. The molecule has 0 bridgehead atoms. The summed E-state index contributed by atoms with van der Waals surface area (Å²) in [6, 6.07) is 0.282. The van der Waals surface area contributed by atoms with E-state index in [1.54, 1.807) is 6.92 Å². The van der Waals surface area contributed by atoms with Gasteiger partial charge in [0.25, 0.3) is 0 Å². The van der Waals surface area contributed by atoms with Crippen molar-refractivity contribution < 1.29 is 8.42 Å². The Morgan fingerprint density at radius 2 is 1.86 bits per heavy atom. The molecule has 0 saturated carbocycles. The van der Waals surface area contributed by atoms with Crippen molar-refractivity contribution in [3.63, 3.8) is 0 Å². The Morgan fingerprint density at radius 1 is 1.24 bits per heavy atom. The van der Waals surface area contributed by atoms with Crippen LogP contribution in [-0.2, 0) is 10.0 Å². The van der Waals surface area contributed by atoms with Gasteiger partial charge in [0.1, 0.15) is 0 Å². The molecule has 0 spiro atoms. The van der Waals surface area contributed by atoms with Crippen molar-refractivity contribution in [1.82, 2.24) is 10.0 Å². The molecule has 0 rings (SSSR count). The van der Waals surface area contributed by atoms with Crippen LogP contribution in [0.1, 0.15) is 47.0 Å². The number of nitrogens with zero attached hydrogens (tertiary/aromatic N) is 1. The van der Waals surface area contributed by atoms with Crippen molar-refractivity contribution in [3.05, 3.63) is 0 Å². The number of hydrogen-bond acceptors (Lipinski definition) is 3. The van der Waals surface area contributed by atoms with Gasteiger partial charge in [-0.25, -0.2) is 13.1 Å². The molecule has 21 heavy (non-hydrogen) atoms. The summed E-state index contributed by atoms with van der Waals surface area (Å²) in [5, 5.41) is 3.12. The van der Waals surface area contributed by atoms with Crippen molar-refractivity contribution in [2.45, 2.75) is 53.0 Å². The van der Waals surface area contributed by atoms with Gasteiger partial charge in [-0.15, -0.1) is 24.0 Å². The maximum Gasteiger partial charge on any atom is 0.211 e. The lowest BCUT2D eigenvalue weighted by atomic mass is 10.0. The number of aliphatic imine (C=N–C) groups is 1. The zero-order valence-electron chi connectivity index (χ0n) is 13.6. The predicted octanol–water partition coefficient (Wildman–Crippen LogP) is 1.66. The van der Waals surface area contributed by atoms with E-state index in [0.717, 1.165) is 18.8 Å². The van der Waals surface area contributed by atoms with Gasteiger partial charge in [-0.1, -0.05) is 26.7 Å². The van der Waals surface area contributed by atoms with Gasteiger partial charge in [0.2, 0.25) is 10.0 Å². The standard InChI is InChI=1S/C13H30N4O2S.HI/c1-5-20(18,19)16-10-9-15-13(14)17-12(4)8-6-7-11(2)3;/h11-12,16H,5-10H2,1-4H3,(H3,14,15,17);1H. The van der Waals surface area contributed by atoms with Gasteiger partial charge in [0, 0.05) is 12.6 Å². The molecule has 0 radical (unpaired) electrons. The highest BCUT2D eigenvalue weighted by Crippen LogP contribution is 2.07. The summed E-state index contributed by atoms with van der Waals surface area (Å²) in [5.74, 6) is 1.18. The Balaban J connectivity index is 0. The fraction of sp³-hybridized carbons (Fsp3) is 0.923. The molecule has 8 heteroatoms. The van der Waals surface area contributed by atoms with Gasteiger partial charge in [0.15, 0.2) is 5.96 Å². The van der Waals surface area contributed by atoms with E-state index < -0.39 is 10.0 Å². The highest BCUT2D eigenvalue weighted by atomic mass is 127. The van der Waals surface area contributed by atoms with Gasteiger partial charge in [0.05, 0.1) is 12.3 Å². The molecule has 4 N–H and O–H groups in total. The second-order valence-corrected chi connectivity index (χ2v) is 7.53. The number of hydrogen-bond donors (Lipinski definition) is 3. The third-order valence-electron chi connectivity index (χ3n) is 2.91. The summed E-state index contributed by atoms with van der Waals surface area (Å²) < 4.78 is 24.8. The van der Waals surface area contributed by atoms with Crippen LogP contribution in [0.4, 0.5) is 0 Å². The molecule has 128 valence electrons. The summed E-state index contributed by atoms with van der Waals surface area (Å²) in [6.45, 7) is 8.72. The third kappa shape index (κ3) is 14.6. The first-order chi connectivity index (χ1) is 9.26. The minimum absolute atomic E-state index is 0. The molecule has 0 fully saturated rings. The van der Waals surface area contributed by atoms with Crippen LogP contribution in [0.15, 0.2) is 4.99 Å². The zero-order valence-corrected chi connectivity index (χ0v) is 16.7. The normalized spacial score (nSPS) is 13.9. The van der Waals surface area contributed by atoms with Gasteiger partial charge in [-0.3, -0.25) is 4.99 Å². The minimum Gasteiger partial charge on any atom is -0.370 e. The van der Waals surface area contributed by atoms with Crippen molar-refractivity contribution in [2.75, 3.05) is 18.8 Å². The van der Waals surface area contributed by atoms with Crippen LogP contribution < -0.4 is 15.8 Å². The van der Waals surface area contributed by atoms with Gasteiger partial charge in [-0.2, -0.15) is 0 Å². The topological polar surface area (TPSA) is 96.6 Å². The summed E-state index contributed by atoms with van der Waals surface area (Å²) in [6.07, 6.45) is 3.42. The molecule has 0 aliphatic heterocycles. The Morgan fingerprint density at radius 3 is 2.38 bits per heavy atom. The first kappa shape index (κ1) is 23.2. The average Bonchev–Trinajstić information content (AvgIpc) is 2.34. The molecular formula is C13H31IN4O2S. The van der Waals surface area contributed by atoms with E-state index in [-0.39, 0.29) is 42.3 Å². The first-order valence-electron chi connectivity index (χ1n) is 7.30. The van der Waals surface area contributed by atoms with Crippen LogP contribution in [0.3, 0.4) is 0 Å². The van der Waals surface area contributed by atoms with Crippen LogP contribution >= 0.6 is 24.0 Å². The molecule has 6 nitrogen and oxygen atoms in total. The molecular weight excluding hydrogens is 403 g/mol. The first-order valence-corrected chi connectivity index (χ1v) is 8.95. The average molecular weight is 434 g/mol. The van der Waals surface area contributed by atoms with Crippen LogP contribution in [0, 0.1) is 5.92 Å². The van der Waals surface area contributed by atoms with Gasteiger partial charge >= 0.3 is 0 Å². The maximum atomic E-state index is 11.2. The molecule has 0 aliphatic carbocycles. The summed E-state index contributed by atoms with van der Waals surface area (Å²) >= 11 is 0. The Hall–Kier alpha value is -0.0900. The second-order valence-electron chi connectivity index (χ2n) is 5.43. The lowest BCUT2D eigenvalue weighted by molar-refractivity contribution is 0.493. The quantitative estimate of drug-likeness (QED) is 0.211. The minimum atomic E-state index is -3.14. The van der Waals surface area contributed by atoms with E-state index in [9.17, 15) is 8.42 Å². The molecule has 0 heterocycles. The van der Waals surface area contributed by atoms with E-state index in [0.29, 0.717) is 12.5 Å². The Labute approximate surface area is 146 Å². The smallest absolute Gasteiger partial charge is 0.211 e. The molecule has 0 saturated heterocycles. The summed E-state index contributed by atoms with van der Waals surface area (Å²) in [7, 11) is -3.14.